The van der Waals surface area contributed by atoms with E-state index in [-0.39, 0.29) is 0 Å². The van der Waals surface area contributed by atoms with Crippen molar-refractivity contribution < 1.29 is 0 Å². The third kappa shape index (κ3) is 1.49. The zero-order chi connectivity index (χ0) is 9.26. The van der Waals surface area contributed by atoms with Gasteiger partial charge in [-0.15, -0.1) is 0 Å². The van der Waals surface area contributed by atoms with E-state index in [1.165, 1.54) is 0 Å². The average Bonchev–Trinajstić information content (AvgIpc) is 2.49. The fourth-order valence-electron chi connectivity index (χ4n) is 1.17. The molecule has 0 amide bonds. The molecule has 0 atom stereocenters. The first kappa shape index (κ1) is 8.44. The second-order valence-electron chi connectivity index (χ2n) is 2.71. The van der Waals surface area contributed by atoms with Crippen LogP contribution in [0.4, 0.5) is 0 Å². The van der Waals surface area contributed by atoms with Gasteiger partial charge in [0.15, 0.2) is 4.73 Å². The highest BCUT2D eigenvalue weighted by atomic mass is 79.9. The Kier molecular flexibility index (Phi) is 2.14. The van der Waals surface area contributed by atoms with Crippen molar-refractivity contribution in [1.82, 2.24) is 14.5 Å². The first-order chi connectivity index (χ1) is 6.29. The fraction of sp³-hybridized carbons (Fsp3) is 0.111. The monoisotopic (exact) mass is 237 g/mol. The normalized spacial score (nSPS) is 10.3. The molecule has 2 aromatic rings. The van der Waals surface area contributed by atoms with Crippen LogP contribution in [0.25, 0.3) is 11.3 Å². The van der Waals surface area contributed by atoms with Crippen LogP contribution in [0, 0.1) is 0 Å². The number of pyridine rings is 1. The summed E-state index contributed by atoms with van der Waals surface area (Å²) in [5.74, 6) is 0. The van der Waals surface area contributed by atoms with Gasteiger partial charge in [0.05, 0.1) is 11.9 Å². The molecule has 0 fully saturated rings. The van der Waals surface area contributed by atoms with Gasteiger partial charge in [0.25, 0.3) is 0 Å². The van der Waals surface area contributed by atoms with E-state index in [9.17, 15) is 0 Å². The van der Waals surface area contributed by atoms with Crippen LogP contribution < -0.4 is 0 Å². The minimum atomic E-state index is 0.825. The molecule has 0 aromatic carbocycles. The molecule has 0 spiro atoms. The van der Waals surface area contributed by atoms with Crippen LogP contribution in [0.1, 0.15) is 0 Å². The third-order valence-electron chi connectivity index (χ3n) is 1.89. The lowest BCUT2D eigenvalue weighted by atomic mass is 10.2. The Bertz CT molecular complexity index is 408. The standard InChI is InChI=1S/C9H8BrN3/c1-13-8(6-12-9(13)10)7-3-2-4-11-5-7/h2-6H,1H3. The largest absolute Gasteiger partial charge is 0.322 e. The fourth-order valence-corrected chi connectivity index (χ4v) is 1.46. The van der Waals surface area contributed by atoms with Crippen molar-refractivity contribution >= 4 is 15.9 Å². The SMILES string of the molecule is Cn1c(-c2cccnc2)cnc1Br. The van der Waals surface area contributed by atoms with E-state index in [0.717, 1.165) is 16.0 Å². The lowest BCUT2D eigenvalue weighted by Crippen LogP contribution is -1.91. The zero-order valence-electron chi connectivity index (χ0n) is 7.11. The minimum absolute atomic E-state index is 0.825. The number of aromatic nitrogens is 3. The van der Waals surface area contributed by atoms with Gasteiger partial charge in [-0.05, 0) is 28.1 Å². The van der Waals surface area contributed by atoms with Crippen LogP contribution in [-0.2, 0) is 7.05 Å². The van der Waals surface area contributed by atoms with Crippen molar-refractivity contribution in [3.05, 3.63) is 35.5 Å². The molecular formula is C9H8BrN3. The Morgan fingerprint density at radius 2 is 2.23 bits per heavy atom. The molecule has 0 N–H and O–H groups in total. The summed E-state index contributed by atoms with van der Waals surface area (Å²) in [6.45, 7) is 0. The molecule has 0 saturated carbocycles. The van der Waals surface area contributed by atoms with Crippen molar-refractivity contribution in [1.29, 1.82) is 0 Å². The predicted octanol–water partition coefficient (Wildman–Crippen LogP) is 2.24. The maximum atomic E-state index is 4.14. The average molecular weight is 238 g/mol. The number of hydrogen-bond donors (Lipinski definition) is 0. The van der Waals surface area contributed by atoms with Crippen LogP contribution in [0.15, 0.2) is 35.5 Å². The molecule has 0 aliphatic carbocycles. The van der Waals surface area contributed by atoms with Gasteiger partial charge in [0.2, 0.25) is 0 Å². The Morgan fingerprint density at radius 1 is 1.38 bits per heavy atom. The summed E-state index contributed by atoms with van der Waals surface area (Å²) >= 11 is 3.34. The third-order valence-corrected chi connectivity index (χ3v) is 2.63. The second-order valence-corrected chi connectivity index (χ2v) is 3.42. The quantitative estimate of drug-likeness (QED) is 0.762. The van der Waals surface area contributed by atoms with E-state index in [4.69, 9.17) is 0 Å². The highest BCUT2D eigenvalue weighted by molar-refractivity contribution is 9.10. The Balaban J connectivity index is 2.53. The lowest BCUT2D eigenvalue weighted by molar-refractivity contribution is 0.888. The van der Waals surface area contributed by atoms with Crippen molar-refractivity contribution in [2.75, 3.05) is 0 Å². The van der Waals surface area contributed by atoms with Crippen molar-refractivity contribution in [2.45, 2.75) is 0 Å². The van der Waals surface area contributed by atoms with Crippen LogP contribution in [0.5, 0.6) is 0 Å². The number of halogens is 1. The van der Waals surface area contributed by atoms with E-state index in [1.807, 2.05) is 36.1 Å². The first-order valence-corrected chi connectivity index (χ1v) is 4.66. The molecule has 2 rings (SSSR count). The lowest BCUT2D eigenvalue weighted by Gasteiger charge is -2.01. The van der Waals surface area contributed by atoms with Crippen LogP contribution in [0.2, 0.25) is 0 Å². The maximum absolute atomic E-state index is 4.14. The van der Waals surface area contributed by atoms with Gasteiger partial charge in [-0.2, -0.15) is 0 Å². The molecule has 66 valence electrons. The summed E-state index contributed by atoms with van der Waals surface area (Å²) < 4.78 is 2.79. The molecule has 3 nitrogen and oxygen atoms in total. The number of rotatable bonds is 1. The Morgan fingerprint density at radius 3 is 2.77 bits per heavy atom. The molecule has 0 saturated heterocycles. The molecule has 2 heterocycles. The molecule has 0 radical (unpaired) electrons. The van der Waals surface area contributed by atoms with Crippen LogP contribution >= 0.6 is 15.9 Å². The van der Waals surface area contributed by atoms with Gasteiger partial charge in [-0.1, -0.05) is 0 Å². The summed E-state index contributed by atoms with van der Waals surface area (Å²) in [5, 5.41) is 0. The smallest absolute Gasteiger partial charge is 0.177 e. The van der Waals surface area contributed by atoms with Gasteiger partial charge < -0.3 is 4.57 Å². The summed E-state index contributed by atoms with van der Waals surface area (Å²) in [5.41, 5.74) is 2.13. The predicted molar refractivity (Wildman–Crippen MR) is 54.1 cm³/mol. The van der Waals surface area contributed by atoms with Gasteiger partial charge in [-0.3, -0.25) is 4.98 Å². The van der Waals surface area contributed by atoms with Crippen LogP contribution in [-0.4, -0.2) is 14.5 Å². The zero-order valence-corrected chi connectivity index (χ0v) is 8.69. The highest BCUT2D eigenvalue weighted by Crippen LogP contribution is 2.20. The van der Waals surface area contributed by atoms with E-state index in [2.05, 4.69) is 25.9 Å². The minimum Gasteiger partial charge on any atom is -0.322 e. The van der Waals surface area contributed by atoms with Gasteiger partial charge >= 0.3 is 0 Å². The molecule has 0 bridgehead atoms. The van der Waals surface area contributed by atoms with E-state index >= 15 is 0 Å². The van der Waals surface area contributed by atoms with Gasteiger partial charge in [-0.25, -0.2) is 4.98 Å². The highest BCUT2D eigenvalue weighted by Gasteiger charge is 2.04. The number of imidazole rings is 1. The first-order valence-electron chi connectivity index (χ1n) is 3.86. The summed E-state index contributed by atoms with van der Waals surface area (Å²) in [6, 6.07) is 3.92. The molecule has 13 heavy (non-hydrogen) atoms. The van der Waals surface area contributed by atoms with Crippen molar-refractivity contribution in [3.8, 4) is 11.3 Å². The summed E-state index contributed by atoms with van der Waals surface area (Å²) in [6.07, 6.45) is 5.40. The van der Waals surface area contributed by atoms with Gasteiger partial charge in [0.1, 0.15) is 0 Å². The molecular weight excluding hydrogens is 230 g/mol. The second kappa shape index (κ2) is 3.30. The number of nitrogens with zero attached hydrogens (tertiary/aromatic N) is 3. The number of hydrogen-bond acceptors (Lipinski definition) is 2. The molecule has 0 aliphatic heterocycles. The molecule has 2 aromatic heterocycles. The van der Waals surface area contributed by atoms with E-state index in [1.54, 1.807) is 6.20 Å². The van der Waals surface area contributed by atoms with Crippen LogP contribution in [0.3, 0.4) is 0 Å². The topological polar surface area (TPSA) is 30.7 Å². The molecule has 4 heteroatoms. The molecule has 0 aliphatic rings. The van der Waals surface area contributed by atoms with E-state index in [0.29, 0.717) is 0 Å². The van der Waals surface area contributed by atoms with Crippen molar-refractivity contribution in [3.63, 3.8) is 0 Å². The van der Waals surface area contributed by atoms with Crippen molar-refractivity contribution in [2.24, 2.45) is 7.05 Å². The molecule has 0 unspecified atom stereocenters. The summed E-state index contributed by atoms with van der Waals surface area (Å²) in [7, 11) is 1.96. The summed E-state index contributed by atoms with van der Waals surface area (Å²) in [4.78, 5) is 8.20. The van der Waals surface area contributed by atoms with E-state index < -0.39 is 0 Å². The Labute approximate surface area is 84.6 Å². The van der Waals surface area contributed by atoms with Gasteiger partial charge in [0, 0.05) is 25.0 Å². The maximum Gasteiger partial charge on any atom is 0.177 e. The Hall–Kier alpha value is -1.16.